The number of hydrogen-bond acceptors (Lipinski definition) is 3. The van der Waals surface area contributed by atoms with Gasteiger partial charge in [0, 0.05) is 5.88 Å². The first-order valence-corrected chi connectivity index (χ1v) is 4.18. The molecule has 0 spiro atoms. The summed E-state index contributed by atoms with van der Waals surface area (Å²) >= 11 is 5.49. The number of nitriles is 1. The summed E-state index contributed by atoms with van der Waals surface area (Å²) in [6.07, 6.45) is 0. The molecule has 0 amide bonds. The number of hydrogen-bond donors (Lipinski definition) is 2. The van der Waals surface area contributed by atoms with Gasteiger partial charge in [0.2, 0.25) is 0 Å². The number of carbonyl (C=O) groups is 1. The number of aromatic hydroxyl groups is 1. The van der Waals surface area contributed by atoms with Crippen LogP contribution in [0, 0.1) is 11.3 Å². The molecular formula is C9H6ClNO3. The molecule has 72 valence electrons. The fourth-order valence-electron chi connectivity index (χ4n) is 1.10. The zero-order chi connectivity index (χ0) is 10.7. The van der Waals surface area contributed by atoms with Gasteiger partial charge >= 0.3 is 5.97 Å². The molecule has 1 aromatic carbocycles. The molecule has 0 atom stereocenters. The van der Waals surface area contributed by atoms with Gasteiger partial charge in [-0.3, -0.25) is 0 Å². The van der Waals surface area contributed by atoms with E-state index in [0.29, 0.717) is 0 Å². The lowest BCUT2D eigenvalue weighted by Gasteiger charge is -2.05. The fourth-order valence-corrected chi connectivity index (χ4v) is 1.31. The molecule has 4 nitrogen and oxygen atoms in total. The molecule has 0 bridgehead atoms. The van der Waals surface area contributed by atoms with Gasteiger partial charge in [0.15, 0.2) is 0 Å². The maximum absolute atomic E-state index is 10.7. The SMILES string of the molecule is N#Cc1cc(O)c(C(=O)O)c(CCl)c1. The van der Waals surface area contributed by atoms with Crippen LogP contribution in [0.15, 0.2) is 12.1 Å². The van der Waals surface area contributed by atoms with Gasteiger partial charge in [-0.05, 0) is 17.7 Å². The molecule has 0 heterocycles. The normalized spacial score (nSPS) is 9.43. The van der Waals surface area contributed by atoms with Crippen molar-refractivity contribution in [1.82, 2.24) is 0 Å². The second-order valence-electron chi connectivity index (χ2n) is 2.58. The first-order valence-electron chi connectivity index (χ1n) is 3.65. The van der Waals surface area contributed by atoms with Crippen LogP contribution < -0.4 is 0 Å². The summed E-state index contributed by atoms with van der Waals surface area (Å²) in [4.78, 5) is 10.7. The highest BCUT2D eigenvalue weighted by Gasteiger charge is 2.15. The van der Waals surface area contributed by atoms with Crippen molar-refractivity contribution in [3.8, 4) is 11.8 Å². The standard InChI is InChI=1S/C9H6ClNO3/c10-3-6-1-5(4-11)2-7(12)8(6)9(13)14/h1-2,12H,3H2,(H,13,14). The van der Waals surface area contributed by atoms with E-state index in [9.17, 15) is 9.90 Å². The first kappa shape index (κ1) is 10.4. The van der Waals surface area contributed by atoms with Gasteiger partial charge in [-0.1, -0.05) is 0 Å². The predicted octanol–water partition coefficient (Wildman–Crippen LogP) is 1.70. The summed E-state index contributed by atoms with van der Waals surface area (Å²) in [5.74, 6) is -1.76. The van der Waals surface area contributed by atoms with Crippen molar-refractivity contribution in [2.75, 3.05) is 0 Å². The zero-order valence-electron chi connectivity index (χ0n) is 6.99. The zero-order valence-corrected chi connectivity index (χ0v) is 7.75. The van der Waals surface area contributed by atoms with Crippen molar-refractivity contribution < 1.29 is 15.0 Å². The van der Waals surface area contributed by atoms with Gasteiger partial charge in [0.25, 0.3) is 0 Å². The van der Waals surface area contributed by atoms with Crippen molar-refractivity contribution in [1.29, 1.82) is 5.26 Å². The molecule has 1 aromatic rings. The van der Waals surface area contributed by atoms with Crippen LogP contribution in [0.1, 0.15) is 21.5 Å². The van der Waals surface area contributed by atoms with E-state index in [1.807, 2.05) is 0 Å². The largest absolute Gasteiger partial charge is 0.507 e. The highest BCUT2D eigenvalue weighted by atomic mass is 35.5. The van der Waals surface area contributed by atoms with Gasteiger partial charge in [-0.25, -0.2) is 4.79 Å². The Morgan fingerprint density at radius 1 is 1.57 bits per heavy atom. The topological polar surface area (TPSA) is 81.3 Å². The lowest BCUT2D eigenvalue weighted by Crippen LogP contribution is -2.02. The summed E-state index contributed by atoms with van der Waals surface area (Å²) in [6.45, 7) is 0. The van der Waals surface area contributed by atoms with E-state index in [4.69, 9.17) is 22.0 Å². The van der Waals surface area contributed by atoms with E-state index in [-0.39, 0.29) is 22.6 Å². The average molecular weight is 212 g/mol. The van der Waals surface area contributed by atoms with Gasteiger partial charge in [-0.15, -0.1) is 11.6 Å². The number of nitrogens with zero attached hydrogens (tertiary/aromatic N) is 1. The van der Waals surface area contributed by atoms with E-state index < -0.39 is 11.7 Å². The molecule has 14 heavy (non-hydrogen) atoms. The van der Waals surface area contributed by atoms with Crippen LogP contribution in [0.25, 0.3) is 0 Å². The molecule has 0 fully saturated rings. The third-order valence-corrected chi connectivity index (χ3v) is 1.97. The molecule has 5 heteroatoms. The van der Waals surface area contributed by atoms with E-state index in [1.165, 1.54) is 6.07 Å². The molecule has 0 aliphatic rings. The Balaban J connectivity index is 3.44. The summed E-state index contributed by atoms with van der Waals surface area (Å²) < 4.78 is 0. The minimum atomic E-state index is -1.26. The third-order valence-electron chi connectivity index (χ3n) is 1.69. The number of benzene rings is 1. The number of carboxylic acids is 1. The van der Waals surface area contributed by atoms with Gasteiger partial charge < -0.3 is 10.2 Å². The minimum Gasteiger partial charge on any atom is -0.507 e. The highest BCUT2D eigenvalue weighted by molar-refractivity contribution is 6.17. The summed E-state index contributed by atoms with van der Waals surface area (Å²) in [6, 6.07) is 4.24. The Morgan fingerprint density at radius 3 is 2.64 bits per heavy atom. The lowest BCUT2D eigenvalue weighted by molar-refractivity contribution is 0.0693. The van der Waals surface area contributed by atoms with Crippen LogP contribution in [0.4, 0.5) is 0 Å². The van der Waals surface area contributed by atoms with Crippen LogP contribution in [0.5, 0.6) is 5.75 Å². The Bertz CT molecular complexity index is 423. The number of alkyl halides is 1. The van der Waals surface area contributed by atoms with Crippen molar-refractivity contribution in [2.24, 2.45) is 0 Å². The number of carboxylic acid groups (broad SMARTS) is 1. The average Bonchev–Trinajstić information content (AvgIpc) is 2.15. The Hall–Kier alpha value is -1.73. The highest BCUT2D eigenvalue weighted by Crippen LogP contribution is 2.24. The van der Waals surface area contributed by atoms with Crippen molar-refractivity contribution >= 4 is 17.6 Å². The Labute approximate surface area is 85.0 Å². The molecule has 0 aliphatic carbocycles. The Morgan fingerprint density at radius 2 is 2.21 bits per heavy atom. The number of halogens is 1. The molecule has 0 radical (unpaired) electrons. The van der Waals surface area contributed by atoms with Crippen molar-refractivity contribution in [2.45, 2.75) is 5.88 Å². The molecule has 0 aromatic heterocycles. The summed E-state index contributed by atoms with van der Waals surface area (Å²) in [5.41, 5.74) is 0.165. The van der Waals surface area contributed by atoms with E-state index in [1.54, 1.807) is 6.07 Å². The molecule has 0 saturated carbocycles. The molecule has 0 aliphatic heterocycles. The first-order chi connectivity index (χ1) is 6.60. The van der Waals surface area contributed by atoms with E-state index in [2.05, 4.69) is 0 Å². The van der Waals surface area contributed by atoms with Gasteiger partial charge in [0.1, 0.15) is 11.3 Å². The van der Waals surface area contributed by atoms with Crippen LogP contribution in [0.2, 0.25) is 0 Å². The molecular weight excluding hydrogens is 206 g/mol. The predicted molar refractivity (Wildman–Crippen MR) is 49.3 cm³/mol. The van der Waals surface area contributed by atoms with E-state index in [0.717, 1.165) is 6.07 Å². The fraction of sp³-hybridized carbons (Fsp3) is 0.111. The maximum atomic E-state index is 10.7. The van der Waals surface area contributed by atoms with Crippen LogP contribution in [-0.4, -0.2) is 16.2 Å². The number of phenols is 1. The summed E-state index contributed by atoms with van der Waals surface area (Å²) in [5, 5.41) is 26.6. The minimum absolute atomic E-state index is 0.0648. The Kier molecular flexibility index (Phi) is 2.95. The third kappa shape index (κ3) is 1.78. The number of rotatable bonds is 2. The van der Waals surface area contributed by atoms with Crippen molar-refractivity contribution in [3.63, 3.8) is 0 Å². The number of aromatic carboxylic acids is 1. The molecule has 2 N–H and O–H groups in total. The van der Waals surface area contributed by atoms with Gasteiger partial charge in [-0.2, -0.15) is 5.26 Å². The smallest absolute Gasteiger partial charge is 0.339 e. The molecule has 0 saturated heterocycles. The monoisotopic (exact) mass is 211 g/mol. The van der Waals surface area contributed by atoms with Crippen LogP contribution in [0.3, 0.4) is 0 Å². The molecule has 0 unspecified atom stereocenters. The lowest BCUT2D eigenvalue weighted by atomic mass is 10.0. The van der Waals surface area contributed by atoms with Crippen LogP contribution >= 0.6 is 11.6 Å². The van der Waals surface area contributed by atoms with E-state index >= 15 is 0 Å². The summed E-state index contributed by atoms with van der Waals surface area (Å²) in [7, 11) is 0. The van der Waals surface area contributed by atoms with Crippen LogP contribution in [-0.2, 0) is 5.88 Å². The quantitative estimate of drug-likeness (QED) is 0.730. The second-order valence-corrected chi connectivity index (χ2v) is 2.85. The van der Waals surface area contributed by atoms with Gasteiger partial charge in [0.05, 0.1) is 11.6 Å². The molecule has 1 rings (SSSR count). The second kappa shape index (κ2) is 3.99. The maximum Gasteiger partial charge on any atom is 0.339 e. The van der Waals surface area contributed by atoms with Crippen molar-refractivity contribution in [3.05, 3.63) is 28.8 Å².